The van der Waals surface area contributed by atoms with Crippen molar-refractivity contribution >= 4 is 17.6 Å². The fourth-order valence-electron chi connectivity index (χ4n) is 1.13. The van der Waals surface area contributed by atoms with Crippen LogP contribution in [0.4, 0.5) is 5.69 Å². The first-order valence-electron chi connectivity index (χ1n) is 5.13. The molecule has 5 nitrogen and oxygen atoms in total. The number of benzene rings is 1. The van der Waals surface area contributed by atoms with Gasteiger partial charge in [0.1, 0.15) is 0 Å². The Morgan fingerprint density at radius 2 is 1.94 bits per heavy atom. The average Bonchev–Trinajstić information content (AvgIpc) is 2.33. The predicted molar refractivity (Wildman–Crippen MR) is 64.7 cm³/mol. The van der Waals surface area contributed by atoms with Crippen molar-refractivity contribution in [1.82, 2.24) is 5.32 Å². The van der Waals surface area contributed by atoms with Crippen molar-refractivity contribution in [3.05, 3.63) is 42.5 Å². The third-order valence-corrected chi connectivity index (χ3v) is 1.90. The van der Waals surface area contributed by atoms with Gasteiger partial charge >= 0.3 is 5.97 Å². The quantitative estimate of drug-likeness (QED) is 0.638. The molecule has 0 atom stereocenters. The molecule has 0 bridgehead atoms. The van der Waals surface area contributed by atoms with E-state index in [0.29, 0.717) is 0 Å². The first-order chi connectivity index (χ1) is 8.18. The number of carbonyl (C=O) groups is 2. The molecule has 1 amide bonds. The smallest absolute Gasteiger partial charge is 0.328 e. The molecular weight excluding hydrogens is 220 g/mol. The molecule has 0 aliphatic rings. The van der Waals surface area contributed by atoms with Crippen LogP contribution in [0.15, 0.2) is 42.5 Å². The number of carboxylic acid groups (broad SMARTS) is 1. The highest BCUT2D eigenvalue weighted by Gasteiger charge is 1.98. The fraction of sp³-hybridized carbons (Fsp3) is 0.167. The summed E-state index contributed by atoms with van der Waals surface area (Å²) in [5, 5.41) is 13.8. The Kier molecular flexibility index (Phi) is 5.30. The van der Waals surface area contributed by atoms with Crippen molar-refractivity contribution in [3.8, 4) is 0 Å². The van der Waals surface area contributed by atoms with Crippen LogP contribution in [0.3, 0.4) is 0 Å². The van der Waals surface area contributed by atoms with E-state index in [1.54, 1.807) is 0 Å². The summed E-state index contributed by atoms with van der Waals surface area (Å²) in [5.74, 6) is -1.22. The molecule has 17 heavy (non-hydrogen) atoms. The summed E-state index contributed by atoms with van der Waals surface area (Å²) in [7, 11) is 0. The maximum Gasteiger partial charge on any atom is 0.328 e. The van der Waals surface area contributed by atoms with Crippen LogP contribution < -0.4 is 10.6 Å². The molecule has 0 heterocycles. The number of carboxylic acids is 1. The highest BCUT2D eigenvalue weighted by atomic mass is 16.4. The van der Waals surface area contributed by atoms with E-state index in [4.69, 9.17) is 5.11 Å². The monoisotopic (exact) mass is 234 g/mol. The molecule has 0 fully saturated rings. The lowest BCUT2D eigenvalue weighted by Gasteiger charge is -2.05. The van der Waals surface area contributed by atoms with Gasteiger partial charge in [0.05, 0.1) is 6.54 Å². The molecule has 1 rings (SSSR count). The Bertz CT molecular complexity index is 401. The molecule has 0 spiro atoms. The molecule has 0 aliphatic carbocycles. The van der Waals surface area contributed by atoms with Gasteiger partial charge in [0.15, 0.2) is 0 Å². The average molecular weight is 234 g/mol. The molecule has 0 unspecified atom stereocenters. The molecule has 90 valence electrons. The minimum absolute atomic E-state index is 0.158. The van der Waals surface area contributed by atoms with Crippen LogP contribution >= 0.6 is 0 Å². The third kappa shape index (κ3) is 5.99. The first-order valence-corrected chi connectivity index (χ1v) is 5.13. The maximum atomic E-state index is 11.3. The molecule has 0 saturated heterocycles. The normalized spacial score (nSPS) is 10.1. The van der Waals surface area contributed by atoms with Gasteiger partial charge in [-0.05, 0) is 12.1 Å². The standard InChI is InChI=1S/C12H14N2O3/c15-11(13-8-4-7-12(16)17)9-14-10-5-2-1-3-6-10/h1-7,14H,8-9H2,(H,13,15)(H,16,17)/b7-4+. The Hall–Kier alpha value is -2.30. The largest absolute Gasteiger partial charge is 0.478 e. The van der Waals surface area contributed by atoms with Gasteiger partial charge in [0.2, 0.25) is 5.91 Å². The lowest BCUT2D eigenvalue weighted by Crippen LogP contribution is -2.29. The molecule has 0 saturated carbocycles. The Balaban J connectivity index is 2.20. The number of hydrogen-bond acceptors (Lipinski definition) is 3. The Labute approximate surface area is 99.1 Å². The summed E-state index contributed by atoms with van der Waals surface area (Å²) < 4.78 is 0. The van der Waals surface area contributed by atoms with Gasteiger partial charge < -0.3 is 15.7 Å². The van der Waals surface area contributed by atoms with Crippen LogP contribution in [-0.2, 0) is 9.59 Å². The fourth-order valence-corrected chi connectivity index (χ4v) is 1.13. The molecule has 1 aromatic carbocycles. The van der Waals surface area contributed by atoms with Gasteiger partial charge in [0.25, 0.3) is 0 Å². The SMILES string of the molecule is O=C(O)/C=C/CNC(=O)CNc1ccccc1. The zero-order valence-corrected chi connectivity index (χ0v) is 9.22. The van der Waals surface area contributed by atoms with Crippen molar-refractivity contribution < 1.29 is 14.7 Å². The van der Waals surface area contributed by atoms with Crippen LogP contribution in [0.2, 0.25) is 0 Å². The van der Waals surface area contributed by atoms with E-state index in [2.05, 4.69) is 10.6 Å². The Morgan fingerprint density at radius 1 is 1.24 bits per heavy atom. The summed E-state index contributed by atoms with van der Waals surface area (Å²) in [6.07, 6.45) is 2.37. The van der Waals surface area contributed by atoms with Crippen LogP contribution in [0.25, 0.3) is 0 Å². The summed E-state index contributed by atoms with van der Waals surface area (Å²) in [5.41, 5.74) is 0.865. The molecule has 0 aliphatic heterocycles. The van der Waals surface area contributed by atoms with Gasteiger partial charge in [-0.25, -0.2) is 4.79 Å². The molecular formula is C12H14N2O3. The van der Waals surface area contributed by atoms with Crippen molar-refractivity contribution in [2.45, 2.75) is 0 Å². The number of nitrogens with one attached hydrogen (secondary N) is 2. The van der Waals surface area contributed by atoms with Crippen molar-refractivity contribution in [1.29, 1.82) is 0 Å². The second-order valence-electron chi connectivity index (χ2n) is 3.26. The first kappa shape index (κ1) is 12.8. The summed E-state index contributed by atoms with van der Waals surface area (Å²) in [6, 6.07) is 9.35. The molecule has 1 aromatic rings. The van der Waals surface area contributed by atoms with Gasteiger partial charge in [-0.2, -0.15) is 0 Å². The van der Waals surface area contributed by atoms with Crippen molar-refractivity contribution in [2.75, 3.05) is 18.4 Å². The molecule has 5 heteroatoms. The number of rotatable bonds is 6. The number of aliphatic carboxylic acids is 1. The highest BCUT2D eigenvalue weighted by molar-refractivity contribution is 5.81. The number of hydrogen-bond donors (Lipinski definition) is 3. The topological polar surface area (TPSA) is 78.4 Å². The lowest BCUT2D eigenvalue weighted by molar-refractivity contribution is -0.131. The minimum atomic E-state index is -1.03. The van der Waals surface area contributed by atoms with E-state index in [-0.39, 0.29) is 19.0 Å². The Morgan fingerprint density at radius 3 is 2.59 bits per heavy atom. The van der Waals surface area contributed by atoms with Crippen molar-refractivity contribution in [3.63, 3.8) is 0 Å². The highest BCUT2D eigenvalue weighted by Crippen LogP contribution is 2.03. The number of carbonyl (C=O) groups excluding carboxylic acids is 1. The molecule has 0 aromatic heterocycles. The maximum absolute atomic E-state index is 11.3. The third-order valence-electron chi connectivity index (χ3n) is 1.90. The number of para-hydroxylation sites is 1. The van der Waals surface area contributed by atoms with E-state index < -0.39 is 5.97 Å². The summed E-state index contributed by atoms with van der Waals surface area (Å²) >= 11 is 0. The van der Waals surface area contributed by atoms with Gasteiger partial charge in [0, 0.05) is 18.3 Å². The lowest BCUT2D eigenvalue weighted by atomic mass is 10.3. The van der Waals surface area contributed by atoms with E-state index in [1.165, 1.54) is 6.08 Å². The van der Waals surface area contributed by atoms with Crippen LogP contribution in [0, 0.1) is 0 Å². The van der Waals surface area contributed by atoms with E-state index in [9.17, 15) is 9.59 Å². The van der Waals surface area contributed by atoms with Gasteiger partial charge in [-0.3, -0.25) is 4.79 Å². The molecule has 0 radical (unpaired) electrons. The molecule has 3 N–H and O–H groups in total. The number of anilines is 1. The number of amides is 1. The van der Waals surface area contributed by atoms with E-state index >= 15 is 0 Å². The zero-order valence-electron chi connectivity index (χ0n) is 9.22. The van der Waals surface area contributed by atoms with E-state index in [1.807, 2.05) is 30.3 Å². The van der Waals surface area contributed by atoms with Crippen LogP contribution in [0.5, 0.6) is 0 Å². The second kappa shape index (κ2) is 7.05. The second-order valence-corrected chi connectivity index (χ2v) is 3.26. The summed E-state index contributed by atoms with van der Waals surface area (Å²) in [4.78, 5) is 21.4. The minimum Gasteiger partial charge on any atom is -0.478 e. The zero-order chi connectivity index (χ0) is 12.5. The van der Waals surface area contributed by atoms with Crippen LogP contribution in [0.1, 0.15) is 0 Å². The van der Waals surface area contributed by atoms with Gasteiger partial charge in [-0.15, -0.1) is 0 Å². The summed E-state index contributed by atoms with van der Waals surface area (Å²) in [6.45, 7) is 0.368. The van der Waals surface area contributed by atoms with Crippen LogP contribution in [-0.4, -0.2) is 30.1 Å². The van der Waals surface area contributed by atoms with Crippen molar-refractivity contribution in [2.24, 2.45) is 0 Å². The predicted octanol–water partition coefficient (Wildman–Crippen LogP) is 0.855. The van der Waals surface area contributed by atoms with E-state index in [0.717, 1.165) is 11.8 Å². The van der Waals surface area contributed by atoms with Gasteiger partial charge in [-0.1, -0.05) is 24.3 Å².